The Morgan fingerprint density at radius 2 is 2.12 bits per heavy atom. The van der Waals surface area contributed by atoms with Crippen molar-refractivity contribution in [3.63, 3.8) is 0 Å². The molecule has 86 valence electrons. The molecule has 0 bridgehead atoms. The van der Waals surface area contributed by atoms with Gasteiger partial charge in [0.1, 0.15) is 5.82 Å². The van der Waals surface area contributed by atoms with Crippen molar-refractivity contribution < 1.29 is 14.0 Å². The second kappa shape index (κ2) is 4.98. The third-order valence-corrected chi connectivity index (χ3v) is 2.28. The lowest BCUT2D eigenvalue weighted by atomic mass is 10.2. The molecule has 16 heavy (non-hydrogen) atoms. The first-order chi connectivity index (χ1) is 7.41. The number of benzene rings is 1. The maximum atomic E-state index is 12.9. The van der Waals surface area contributed by atoms with Crippen LogP contribution in [0, 0.1) is 5.82 Å². The Morgan fingerprint density at radius 3 is 2.62 bits per heavy atom. The zero-order valence-corrected chi connectivity index (χ0v) is 9.50. The zero-order valence-electron chi connectivity index (χ0n) is 8.61. The van der Waals surface area contributed by atoms with Crippen molar-refractivity contribution >= 4 is 24.4 Å². The van der Waals surface area contributed by atoms with E-state index < -0.39 is 17.6 Å². The van der Waals surface area contributed by atoms with E-state index in [9.17, 15) is 14.0 Å². The van der Waals surface area contributed by atoms with Gasteiger partial charge >= 0.3 is 0 Å². The molecule has 1 aromatic carbocycles. The molecule has 0 radical (unpaired) electrons. The summed E-state index contributed by atoms with van der Waals surface area (Å²) < 4.78 is 12.9. The maximum absolute atomic E-state index is 12.9. The number of halogens is 1. The first-order valence-electron chi connectivity index (χ1n) is 4.44. The molecule has 0 atom stereocenters. The molecule has 4 nitrogen and oxygen atoms in total. The Bertz CT molecular complexity index is 437. The Balaban J connectivity index is 2.88. The van der Waals surface area contributed by atoms with Gasteiger partial charge in [0, 0.05) is 17.5 Å². The van der Waals surface area contributed by atoms with Crippen LogP contribution >= 0.6 is 12.6 Å². The number of nitrogens with two attached hydrogens (primary N) is 1. The van der Waals surface area contributed by atoms with Gasteiger partial charge in [-0.2, -0.15) is 0 Å². The second-order valence-electron chi connectivity index (χ2n) is 3.29. The lowest BCUT2D eigenvalue weighted by Gasteiger charge is -2.15. The first-order valence-corrected chi connectivity index (χ1v) is 4.89. The number of amides is 2. The number of carbonyl (C=O) groups excluding carboxylic acids is 2. The molecule has 2 N–H and O–H groups in total. The van der Waals surface area contributed by atoms with Crippen molar-refractivity contribution in [2.45, 2.75) is 4.90 Å². The molecule has 0 aliphatic heterocycles. The molecule has 0 aliphatic rings. The average Bonchev–Trinajstić information content (AvgIpc) is 2.20. The summed E-state index contributed by atoms with van der Waals surface area (Å²) in [4.78, 5) is 23.6. The molecule has 0 spiro atoms. The van der Waals surface area contributed by atoms with E-state index >= 15 is 0 Å². The van der Waals surface area contributed by atoms with E-state index in [1.54, 1.807) is 0 Å². The van der Waals surface area contributed by atoms with Gasteiger partial charge in [0.15, 0.2) is 0 Å². The van der Waals surface area contributed by atoms with Gasteiger partial charge in [-0.3, -0.25) is 9.59 Å². The zero-order chi connectivity index (χ0) is 12.3. The van der Waals surface area contributed by atoms with Crippen LogP contribution in [0.15, 0.2) is 23.1 Å². The van der Waals surface area contributed by atoms with Crippen molar-refractivity contribution in [3.8, 4) is 0 Å². The highest BCUT2D eigenvalue weighted by Crippen LogP contribution is 2.15. The summed E-state index contributed by atoms with van der Waals surface area (Å²) in [7, 11) is 1.44. The van der Waals surface area contributed by atoms with E-state index in [0.717, 1.165) is 11.0 Å². The molecule has 2 amide bonds. The van der Waals surface area contributed by atoms with Crippen molar-refractivity contribution in [1.29, 1.82) is 0 Å². The monoisotopic (exact) mass is 242 g/mol. The standard InChI is InChI=1S/C10H11FN2O2S/c1-13(5-9(12)14)10(15)6-2-3-7(11)8(16)4-6/h2-4,16H,5H2,1H3,(H2,12,14). The second-order valence-corrected chi connectivity index (χ2v) is 3.78. The van der Waals surface area contributed by atoms with E-state index in [2.05, 4.69) is 12.6 Å². The number of hydrogen-bond acceptors (Lipinski definition) is 3. The lowest BCUT2D eigenvalue weighted by Crippen LogP contribution is -2.35. The Labute approximate surface area is 97.6 Å². The summed E-state index contributed by atoms with van der Waals surface area (Å²) in [5, 5.41) is 0. The maximum Gasteiger partial charge on any atom is 0.254 e. The highest BCUT2D eigenvalue weighted by Gasteiger charge is 2.14. The molecule has 1 rings (SSSR count). The summed E-state index contributed by atoms with van der Waals surface area (Å²) in [6.45, 7) is -0.182. The van der Waals surface area contributed by atoms with E-state index in [-0.39, 0.29) is 17.0 Å². The van der Waals surface area contributed by atoms with Gasteiger partial charge < -0.3 is 10.6 Å². The summed E-state index contributed by atoms with van der Waals surface area (Å²) in [5.74, 6) is -1.52. The van der Waals surface area contributed by atoms with Gasteiger partial charge in [-0.15, -0.1) is 12.6 Å². The molecule has 0 aromatic heterocycles. The highest BCUT2D eigenvalue weighted by atomic mass is 32.1. The number of likely N-dealkylation sites (N-methyl/N-ethyl adjacent to an activating group) is 1. The number of nitrogens with zero attached hydrogens (tertiary/aromatic N) is 1. The van der Waals surface area contributed by atoms with E-state index in [0.29, 0.717) is 0 Å². The quantitative estimate of drug-likeness (QED) is 0.765. The molecule has 0 aliphatic carbocycles. The Kier molecular flexibility index (Phi) is 3.89. The molecule has 1 aromatic rings. The van der Waals surface area contributed by atoms with Crippen LogP contribution in [-0.2, 0) is 4.79 Å². The van der Waals surface area contributed by atoms with Crippen LogP contribution in [-0.4, -0.2) is 30.3 Å². The minimum atomic E-state index is -0.607. The molecule has 0 unspecified atom stereocenters. The third kappa shape index (κ3) is 2.96. The average molecular weight is 242 g/mol. The van der Waals surface area contributed by atoms with Gasteiger partial charge in [-0.05, 0) is 18.2 Å². The van der Waals surface area contributed by atoms with Crippen LogP contribution < -0.4 is 5.73 Å². The van der Waals surface area contributed by atoms with Crippen molar-refractivity contribution in [1.82, 2.24) is 4.90 Å². The molecular weight excluding hydrogens is 231 g/mol. The molecule has 0 saturated carbocycles. The smallest absolute Gasteiger partial charge is 0.254 e. The fraction of sp³-hybridized carbons (Fsp3) is 0.200. The number of thiol groups is 1. The van der Waals surface area contributed by atoms with Crippen LogP contribution in [0.25, 0.3) is 0 Å². The van der Waals surface area contributed by atoms with Crippen LogP contribution in [0.2, 0.25) is 0 Å². The predicted octanol–water partition coefficient (Wildman–Crippen LogP) is 0.672. The van der Waals surface area contributed by atoms with E-state index in [1.165, 1.54) is 19.2 Å². The predicted molar refractivity (Wildman–Crippen MR) is 59.8 cm³/mol. The molecule has 6 heteroatoms. The van der Waals surface area contributed by atoms with E-state index in [4.69, 9.17) is 5.73 Å². The fourth-order valence-corrected chi connectivity index (χ4v) is 1.39. The topological polar surface area (TPSA) is 63.4 Å². The SMILES string of the molecule is CN(CC(N)=O)C(=O)c1ccc(F)c(S)c1. The van der Waals surface area contributed by atoms with Crippen LogP contribution in [0.5, 0.6) is 0 Å². The number of rotatable bonds is 3. The lowest BCUT2D eigenvalue weighted by molar-refractivity contribution is -0.118. The minimum absolute atomic E-state index is 0.0818. The minimum Gasteiger partial charge on any atom is -0.368 e. The van der Waals surface area contributed by atoms with Gasteiger partial charge in [-0.1, -0.05) is 0 Å². The van der Waals surface area contributed by atoms with Crippen LogP contribution in [0.1, 0.15) is 10.4 Å². The number of hydrogen-bond donors (Lipinski definition) is 2. The van der Waals surface area contributed by atoms with Crippen molar-refractivity contribution in [2.75, 3.05) is 13.6 Å². The molecule has 0 saturated heterocycles. The Hall–Kier alpha value is -1.56. The molecule has 0 fully saturated rings. The van der Waals surface area contributed by atoms with Crippen LogP contribution in [0.4, 0.5) is 4.39 Å². The number of carbonyl (C=O) groups is 2. The normalized spacial score (nSPS) is 9.94. The largest absolute Gasteiger partial charge is 0.368 e. The van der Waals surface area contributed by atoms with Gasteiger partial charge in [-0.25, -0.2) is 4.39 Å². The van der Waals surface area contributed by atoms with Gasteiger partial charge in [0.05, 0.1) is 6.54 Å². The molecular formula is C10H11FN2O2S. The van der Waals surface area contributed by atoms with E-state index in [1.807, 2.05) is 0 Å². The van der Waals surface area contributed by atoms with Crippen LogP contribution in [0.3, 0.4) is 0 Å². The first kappa shape index (κ1) is 12.5. The Morgan fingerprint density at radius 1 is 1.50 bits per heavy atom. The number of primary amides is 1. The summed E-state index contributed by atoms with van der Waals surface area (Å²) >= 11 is 3.86. The van der Waals surface area contributed by atoms with Crippen molar-refractivity contribution in [3.05, 3.63) is 29.6 Å². The van der Waals surface area contributed by atoms with Crippen molar-refractivity contribution in [2.24, 2.45) is 5.73 Å². The fourth-order valence-electron chi connectivity index (χ4n) is 1.17. The summed E-state index contributed by atoms with van der Waals surface area (Å²) in [6, 6.07) is 3.78. The summed E-state index contributed by atoms with van der Waals surface area (Å²) in [5.41, 5.74) is 5.21. The summed E-state index contributed by atoms with van der Waals surface area (Å²) in [6.07, 6.45) is 0. The molecule has 0 heterocycles. The van der Waals surface area contributed by atoms with Gasteiger partial charge in [0.25, 0.3) is 5.91 Å². The highest BCUT2D eigenvalue weighted by molar-refractivity contribution is 7.80. The van der Waals surface area contributed by atoms with Gasteiger partial charge in [0.2, 0.25) is 5.91 Å². The third-order valence-electron chi connectivity index (χ3n) is 1.93.